The fourth-order valence-corrected chi connectivity index (χ4v) is 2.59. The maximum absolute atomic E-state index is 9.23. The van der Waals surface area contributed by atoms with Crippen molar-refractivity contribution in [3.05, 3.63) is 24.3 Å². The molecule has 0 aromatic heterocycles. The standard InChI is InChI=1S/C15H23NO3/c1-11-8-16(9-12(2)18-11)10-13(3)19-15-6-4-14(17)5-7-15/h4-7,11-13,17H,8-10H2,1-3H3. The van der Waals surface area contributed by atoms with Gasteiger partial charge in [0, 0.05) is 19.6 Å². The molecule has 19 heavy (non-hydrogen) atoms. The molecule has 1 N–H and O–H groups in total. The van der Waals surface area contributed by atoms with Gasteiger partial charge in [0.05, 0.1) is 12.2 Å². The van der Waals surface area contributed by atoms with Crippen molar-refractivity contribution in [3.8, 4) is 11.5 Å². The van der Waals surface area contributed by atoms with E-state index >= 15 is 0 Å². The van der Waals surface area contributed by atoms with Crippen molar-refractivity contribution in [3.63, 3.8) is 0 Å². The minimum absolute atomic E-state index is 0.113. The van der Waals surface area contributed by atoms with E-state index in [-0.39, 0.29) is 24.1 Å². The molecule has 3 atom stereocenters. The summed E-state index contributed by atoms with van der Waals surface area (Å²) >= 11 is 0. The Kier molecular flexibility index (Phi) is 4.66. The summed E-state index contributed by atoms with van der Waals surface area (Å²) in [6.45, 7) is 9.07. The summed E-state index contributed by atoms with van der Waals surface area (Å²) in [7, 11) is 0. The van der Waals surface area contributed by atoms with E-state index in [0.29, 0.717) is 0 Å². The van der Waals surface area contributed by atoms with Crippen LogP contribution in [0.25, 0.3) is 0 Å². The highest BCUT2D eigenvalue weighted by molar-refractivity contribution is 5.30. The SMILES string of the molecule is CC(CN1CC(C)OC(C)C1)Oc1ccc(O)cc1. The van der Waals surface area contributed by atoms with Gasteiger partial charge in [-0.1, -0.05) is 0 Å². The van der Waals surface area contributed by atoms with Gasteiger partial charge >= 0.3 is 0 Å². The summed E-state index contributed by atoms with van der Waals surface area (Å²) in [4.78, 5) is 2.38. The molecule has 3 unspecified atom stereocenters. The Morgan fingerprint density at radius 3 is 2.42 bits per heavy atom. The lowest BCUT2D eigenvalue weighted by molar-refractivity contribution is -0.0740. The van der Waals surface area contributed by atoms with Gasteiger partial charge in [0.2, 0.25) is 0 Å². The molecular weight excluding hydrogens is 242 g/mol. The maximum atomic E-state index is 9.23. The quantitative estimate of drug-likeness (QED) is 0.907. The molecule has 4 nitrogen and oxygen atoms in total. The van der Waals surface area contributed by atoms with Crippen LogP contribution in [0.5, 0.6) is 11.5 Å². The largest absolute Gasteiger partial charge is 0.508 e. The van der Waals surface area contributed by atoms with Gasteiger partial charge in [-0.2, -0.15) is 0 Å². The van der Waals surface area contributed by atoms with Crippen LogP contribution < -0.4 is 4.74 Å². The number of rotatable bonds is 4. The molecule has 2 rings (SSSR count). The maximum Gasteiger partial charge on any atom is 0.120 e. The van der Waals surface area contributed by atoms with Crippen LogP contribution >= 0.6 is 0 Å². The Bertz CT molecular complexity index is 383. The zero-order valence-electron chi connectivity index (χ0n) is 11.9. The van der Waals surface area contributed by atoms with Crippen molar-refractivity contribution in [1.29, 1.82) is 0 Å². The molecule has 1 fully saturated rings. The van der Waals surface area contributed by atoms with Gasteiger partial charge in [-0.05, 0) is 45.0 Å². The lowest BCUT2D eigenvalue weighted by Crippen LogP contribution is -2.48. The molecule has 1 aromatic carbocycles. The molecule has 106 valence electrons. The van der Waals surface area contributed by atoms with Gasteiger partial charge < -0.3 is 14.6 Å². The van der Waals surface area contributed by atoms with Crippen LogP contribution in [-0.2, 0) is 4.74 Å². The van der Waals surface area contributed by atoms with Gasteiger partial charge in [-0.3, -0.25) is 4.90 Å². The van der Waals surface area contributed by atoms with Crippen molar-refractivity contribution in [1.82, 2.24) is 4.90 Å². The average Bonchev–Trinajstić information content (AvgIpc) is 2.30. The van der Waals surface area contributed by atoms with Crippen LogP contribution in [0.15, 0.2) is 24.3 Å². The van der Waals surface area contributed by atoms with Crippen molar-refractivity contribution in [2.45, 2.75) is 39.1 Å². The summed E-state index contributed by atoms with van der Waals surface area (Å²) in [6.07, 6.45) is 0.677. The lowest BCUT2D eigenvalue weighted by atomic mass is 10.2. The number of aromatic hydroxyl groups is 1. The number of phenolic OH excluding ortho intramolecular Hbond substituents is 1. The molecule has 4 heteroatoms. The van der Waals surface area contributed by atoms with Crippen molar-refractivity contribution >= 4 is 0 Å². The number of hydrogen-bond donors (Lipinski definition) is 1. The highest BCUT2D eigenvalue weighted by atomic mass is 16.5. The summed E-state index contributed by atoms with van der Waals surface area (Å²) in [5, 5.41) is 9.23. The minimum Gasteiger partial charge on any atom is -0.508 e. The van der Waals surface area contributed by atoms with Gasteiger partial charge in [-0.25, -0.2) is 0 Å². The number of phenols is 1. The number of hydrogen-bond acceptors (Lipinski definition) is 4. The van der Waals surface area contributed by atoms with E-state index in [9.17, 15) is 5.11 Å². The molecule has 1 aliphatic rings. The summed E-state index contributed by atoms with van der Waals surface area (Å²) in [5.74, 6) is 1.05. The normalized spacial score (nSPS) is 26.1. The van der Waals surface area contributed by atoms with Crippen LogP contribution in [0.3, 0.4) is 0 Å². The molecule has 1 aromatic rings. The first-order chi connectivity index (χ1) is 9.02. The number of morpholine rings is 1. The fraction of sp³-hybridized carbons (Fsp3) is 0.600. The Morgan fingerprint density at radius 2 is 1.84 bits per heavy atom. The molecule has 1 heterocycles. The molecular formula is C15H23NO3. The topological polar surface area (TPSA) is 41.9 Å². The van der Waals surface area contributed by atoms with Crippen LogP contribution in [0.4, 0.5) is 0 Å². The zero-order chi connectivity index (χ0) is 13.8. The summed E-state index contributed by atoms with van der Waals surface area (Å²) in [5.41, 5.74) is 0. The zero-order valence-corrected chi connectivity index (χ0v) is 11.9. The van der Waals surface area contributed by atoms with Crippen molar-refractivity contribution in [2.24, 2.45) is 0 Å². The molecule has 1 saturated heterocycles. The van der Waals surface area contributed by atoms with Crippen LogP contribution in [0.2, 0.25) is 0 Å². The Hall–Kier alpha value is -1.26. The highest BCUT2D eigenvalue weighted by Gasteiger charge is 2.23. The van der Waals surface area contributed by atoms with Gasteiger partial charge in [-0.15, -0.1) is 0 Å². The average molecular weight is 265 g/mol. The second-order valence-corrected chi connectivity index (χ2v) is 5.40. The van der Waals surface area contributed by atoms with Crippen LogP contribution in [-0.4, -0.2) is 48.0 Å². The van der Waals surface area contributed by atoms with E-state index in [4.69, 9.17) is 9.47 Å². The third kappa shape index (κ3) is 4.40. The molecule has 0 spiro atoms. The third-order valence-electron chi connectivity index (χ3n) is 3.18. The number of nitrogens with zero attached hydrogens (tertiary/aromatic N) is 1. The van der Waals surface area contributed by atoms with Gasteiger partial charge in [0.15, 0.2) is 0 Å². The Morgan fingerprint density at radius 1 is 1.26 bits per heavy atom. The fourth-order valence-electron chi connectivity index (χ4n) is 2.59. The first kappa shape index (κ1) is 14.2. The Balaban J connectivity index is 1.83. The Labute approximate surface area is 114 Å². The van der Waals surface area contributed by atoms with E-state index in [1.165, 1.54) is 0 Å². The van der Waals surface area contributed by atoms with E-state index in [2.05, 4.69) is 25.7 Å². The first-order valence-electron chi connectivity index (χ1n) is 6.86. The smallest absolute Gasteiger partial charge is 0.120 e. The summed E-state index contributed by atoms with van der Waals surface area (Å²) in [6, 6.07) is 6.86. The molecule has 0 amide bonds. The summed E-state index contributed by atoms with van der Waals surface area (Å²) < 4.78 is 11.6. The second kappa shape index (κ2) is 6.26. The van der Waals surface area contributed by atoms with Crippen molar-refractivity contribution in [2.75, 3.05) is 19.6 Å². The predicted molar refractivity (Wildman–Crippen MR) is 74.6 cm³/mol. The number of ether oxygens (including phenoxy) is 2. The van der Waals surface area contributed by atoms with E-state index in [0.717, 1.165) is 25.4 Å². The van der Waals surface area contributed by atoms with Crippen molar-refractivity contribution < 1.29 is 14.6 Å². The third-order valence-corrected chi connectivity index (χ3v) is 3.18. The minimum atomic E-state index is 0.113. The molecule has 0 bridgehead atoms. The van der Waals surface area contributed by atoms with Crippen LogP contribution in [0, 0.1) is 0 Å². The van der Waals surface area contributed by atoms with Gasteiger partial charge in [0.1, 0.15) is 17.6 Å². The molecule has 0 radical (unpaired) electrons. The molecule has 0 saturated carbocycles. The lowest BCUT2D eigenvalue weighted by Gasteiger charge is -2.36. The van der Waals surface area contributed by atoms with Crippen LogP contribution in [0.1, 0.15) is 20.8 Å². The first-order valence-corrected chi connectivity index (χ1v) is 6.86. The van der Waals surface area contributed by atoms with E-state index in [1.54, 1.807) is 24.3 Å². The van der Waals surface area contributed by atoms with E-state index < -0.39 is 0 Å². The highest BCUT2D eigenvalue weighted by Crippen LogP contribution is 2.18. The van der Waals surface area contributed by atoms with E-state index in [1.807, 2.05) is 0 Å². The molecule has 1 aliphatic heterocycles. The second-order valence-electron chi connectivity index (χ2n) is 5.40. The van der Waals surface area contributed by atoms with Gasteiger partial charge in [0.25, 0.3) is 0 Å². The predicted octanol–water partition coefficient (Wildman–Crippen LogP) is 2.27. The monoisotopic (exact) mass is 265 g/mol. The molecule has 0 aliphatic carbocycles. The number of benzene rings is 1.